The van der Waals surface area contributed by atoms with Crippen molar-refractivity contribution >= 4 is 16.9 Å². The monoisotopic (exact) mass is 350 g/mol. The molecule has 0 radical (unpaired) electrons. The van der Waals surface area contributed by atoms with Gasteiger partial charge in [0.25, 0.3) is 0 Å². The lowest BCUT2D eigenvalue weighted by Crippen LogP contribution is -2.15. The van der Waals surface area contributed by atoms with Crippen molar-refractivity contribution in [3.05, 3.63) is 64.3 Å². The summed E-state index contributed by atoms with van der Waals surface area (Å²) in [5.74, 6) is -0.254. The van der Waals surface area contributed by atoms with Crippen molar-refractivity contribution in [2.24, 2.45) is 0 Å². The highest BCUT2D eigenvalue weighted by molar-refractivity contribution is 5.84. The van der Waals surface area contributed by atoms with E-state index >= 15 is 0 Å². The smallest absolute Gasteiger partial charge is 0.311 e. The van der Waals surface area contributed by atoms with E-state index in [0.717, 1.165) is 5.56 Å². The average molecular weight is 350 g/mol. The summed E-state index contributed by atoms with van der Waals surface area (Å²) in [5, 5.41) is 0.390. The van der Waals surface area contributed by atoms with Crippen LogP contribution in [-0.2, 0) is 10.2 Å². The molecule has 4 heteroatoms. The maximum absolute atomic E-state index is 12.9. The maximum atomic E-state index is 12.9. The van der Waals surface area contributed by atoms with Crippen LogP contribution < -0.4 is 10.2 Å². The number of esters is 1. The van der Waals surface area contributed by atoms with Crippen LogP contribution in [0.4, 0.5) is 0 Å². The van der Waals surface area contributed by atoms with Crippen LogP contribution in [0.3, 0.4) is 0 Å². The predicted molar refractivity (Wildman–Crippen MR) is 103 cm³/mol. The Morgan fingerprint density at radius 3 is 2.31 bits per heavy atom. The van der Waals surface area contributed by atoms with E-state index in [1.807, 2.05) is 24.3 Å². The van der Waals surface area contributed by atoms with E-state index in [1.165, 1.54) is 0 Å². The largest absolute Gasteiger partial charge is 0.452 e. The van der Waals surface area contributed by atoms with Crippen LogP contribution in [0.25, 0.3) is 22.3 Å². The lowest BCUT2D eigenvalue weighted by Gasteiger charge is -2.19. The normalized spacial score (nSPS) is 11.5. The first-order valence-corrected chi connectivity index (χ1v) is 8.68. The molecule has 0 N–H and O–H groups in total. The molecule has 2 aromatic carbocycles. The van der Waals surface area contributed by atoms with E-state index in [1.54, 1.807) is 31.2 Å². The Balaban J connectivity index is 2.21. The van der Waals surface area contributed by atoms with E-state index in [2.05, 4.69) is 20.8 Å². The van der Waals surface area contributed by atoms with Crippen LogP contribution in [0.2, 0.25) is 0 Å². The number of ether oxygens (including phenoxy) is 1. The van der Waals surface area contributed by atoms with E-state index in [-0.39, 0.29) is 28.8 Å². The summed E-state index contributed by atoms with van der Waals surface area (Å²) in [5.41, 5.74) is 1.99. The van der Waals surface area contributed by atoms with Gasteiger partial charge in [0.2, 0.25) is 11.2 Å². The molecule has 0 aliphatic rings. The van der Waals surface area contributed by atoms with Crippen molar-refractivity contribution in [3.8, 4) is 17.1 Å². The van der Waals surface area contributed by atoms with E-state index in [0.29, 0.717) is 16.5 Å². The molecular formula is C22H22O4. The van der Waals surface area contributed by atoms with Crippen molar-refractivity contribution in [2.75, 3.05) is 0 Å². The highest BCUT2D eigenvalue weighted by atomic mass is 16.5. The second-order valence-electron chi connectivity index (χ2n) is 7.24. The highest BCUT2D eigenvalue weighted by Crippen LogP contribution is 2.32. The molecule has 1 aromatic heterocycles. The van der Waals surface area contributed by atoms with Crippen LogP contribution in [-0.4, -0.2) is 5.97 Å². The van der Waals surface area contributed by atoms with Gasteiger partial charge in [-0.05, 0) is 23.1 Å². The molecule has 3 rings (SSSR count). The summed E-state index contributed by atoms with van der Waals surface area (Å²) in [7, 11) is 0. The summed E-state index contributed by atoms with van der Waals surface area (Å²) in [6, 6.07) is 14.7. The number of rotatable bonds is 3. The second-order valence-corrected chi connectivity index (χ2v) is 7.24. The molecule has 3 aromatic rings. The minimum atomic E-state index is -0.472. The number of para-hydroxylation sites is 1. The first kappa shape index (κ1) is 17.9. The molecular weight excluding hydrogens is 328 g/mol. The van der Waals surface area contributed by atoms with Gasteiger partial charge in [-0.2, -0.15) is 0 Å². The Kier molecular flexibility index (Phi) is 4.68. The fourth-order valence-electron chi connectivity index (χ4n) is 2.72. The zero-order chi connectivity index (χ0) is 18.9. The van der Waals surface area contributed by atoms with Gasteiger partial charge >= 0.3 is 5.97 Å². The van der Waals surface area contributed by atoms with Crippen molar-refractivity contribution < 1.29 is 13.9 Å². The van der Waals surface area contributed by atoms with Gasteiger partial charge in [-0.15, -0.1) is 0 Å². The molecule has 0 aliphatic heterocycles. The number of hydrogen-bond acceptors (Lipinski definition) is 4. The van der Waals surface area contributed by atoms with Crippen molar-refractivity contribution in [1.82, 2.24) is 0 Å². The minimum Gasteiger partial charge on any atom is -0.452 e. The van der Waals surface area contributed by atoms with E-state index < -0.39 is 5.97 Å². The summed E-state index contributed by atoms with van der Waals surface area (Å²) >= 11 is 0. The maximum Gasteiger partial charge on any atom is 0.311 e. The molecule has 0 bridgehead atoms. The topological polar surface area (TPSA) is 56.5 Å². The Hall–Kier alpha value is -2.88. The highest BCUT2D eigenvalue weighted by Gasteiger charge is 2.21. The first-order valence-electron chi connectivity index (χ1n) is 8.68. The zero-order valence-corrected chi connectivity index (χ0v) is 15.5. The lowest BCUT2D eigenvalue weighted by atomic mass is 9.86. The Labute approximate surface area is 152 Å². The third kappa shape index (κ3) is 3.40. The molecule has 0 unspecified atom stereocenters. The molecule has 0 amide bonds. The Morgan fingerprint density at radius 2 is 1.69 bits per heavy atom. The van der Waals surface area contributed by atoms with Gasteiger partial charge in [-0.1, -0.05) is 64.1 Å². The molecule has 1 heterocycles. The Bertz CT molecular complexity index is 1000. The van der Waals surface area contributed by atoms with E-state index in [9.17, 15) is 9.59 Å². The number of benzene rings is 2. The SMILES string of the molecule is CCC(=O)Oc1c(-c2ccc(C(C)(C)C)cc2)oc2ccccc2c1=O. The molecule has 0 fully saturated rings. The predicted octanol–water partition coefficient (Wildman–Crippen LogP) is 5.07. The number of hydrogen-bond donors (Lipinski definition) is 0. The molecule has 0 saturated carbocycles. The second kappa shape index (κ2) is 6.79. The Morgan fingerprint density at radius 1 is 1.04 bits per heavy atom. The van der Waals surface area contributed by atoms with E-state index in [4.69, 9.17) is 9.15 Å². The molecule has 0 spiro atoms. The average Bonchev–Trinajstić information content (AvgIpc) is 2.63. The van der Waals surface area contributed by atoms with Gasteiger partial charge in [-0.3, -0.25) is 9.59 Å². The lowest BCUT2D eigenvalue weighted by molar-refractivity contribution is -0.134. The molecule has 0 saturated heterocycles. The van der Waals surface area contributed by atoms with Gasteiger partial charge in [-0.25, -0.2) is 0 Å². The molecule has 4 nitrogen and oxygen atoms in total. The van der Waals surface area contributed by atoms with Crippen molar-refractivity contribution in [1.29, 1.82) is 0 Å². The summed E-state index contributed by atoms with van der Waals surface area (Å²) in [6.45, 7) is 8.08. The fraction of sp³-hybridized carbons (Fsp3) is 0.273. The first-order chi connectivity index (χ1) is 12.3. The van der Waals surface area contributed by atoms with Crippen LogP contribution in [0.15, 0.2) is 57.7 Å². The third-order valence-electron chi connectivity index (χ3n) is 4.27. The number of fused-ring (bicyclic) bond motifs is 1. The minimum absolute atomic E-state index is 0.0141. The standard InChI is InChI=1S/C22H22O4/c1-5-18(23)26-21-19(24)16-8-6-7-9-17(16)25-20(21)14-10-12-15(13-11-14)22(2,3)4/h6-13H,5H2,1-4H3. The van der Waals surface area contributed by atoms with Crippen LogP contribution in [0.5, 0.6) is 5.75 Å². The third-order valence-corrected chi connectivity index (χ3v) is 4.27. The van der Waals surface area contributed by atoms with Crippen LogP contribution >= 0.6 is 0 Å². The quantitative estimate of drug-likeness (QED) is 0.619. The summed E-state index contributed by atoms with van der Waals surface area (Å²) in [6.07, 6.45) is 0.175. The van der Waals surface area contributed by atoms with Crippen LogP contribution in [0, 0.1) is 0 Å². The number of carbonyl (C=O) groups excluding carboxylic acids is 1. The van der Waals surface area contributed by atoms with Crippen LogP contribution in [0.1, 0.15) is 39.7 Å². The number of carbonyl (C=O) groups is 1. The van der Waals surface area contributed by atoms with Gasteiger partial charge in [0.1, 0.15) is 5.58 Å². The van der Waals surface area contributed by atoms with Crippen molar-refractivity contribution in [3.63, 3.8) is 0 Å². The van der Waals surface area contributed by atoms with Gasteiger partial charge in [0.05, 0.1) is 5.39 Å². The zero-order valence-electron chi connectivity index (χ0n) is 15.5. The molecule has 0 aliphatic carbocycles. The van der Waals surface area contributed by atoms with Crippen molar-refractivity contribution in [2.45, 2.75) is 39.5 Å². The molecule has 134 valence electrons. The fourth-order valence-corrected chi connectivity index (χ4v) is 2.72. The van der Waals surface area contributed by atoms with Gasteiger partial charge in [0, 0.05) is 12.0 Å². The van der Waals surface area contributed by atoms with Gasteiger partial charge in [0.15, 0.2) is 5.76 Å². The summed E-state index contributed by atoms with van der Waals surface area (Å²) in [4.78, 5) is 24.7. The molecule has 26 heavy (non-hydrogen) atoms. The van der Waals surface area contributed by atoms with Gasteiger partial charge < -0.3 is 9.15 Å². The summed E-state index contributed by atoms with van der Waals surface area (Å²) < 4.78 is 11.3. The molecule has 0 atom stereocenters.